The van der Waals surface area contributed by atoms with Crippen LogP contribution in [0.3, 0.4) is 0 Å². The molecule has 0 aliphatic rings. The highest BCUT2D eigenvalue weighted by atomic mass is 16.5. The van der Waals surface area contributed by atoms with Crippen molar-refractivity contribution in [2.24, 2.45) is 0 Å². The highest BCUT2D eigenvalue weighted by Crippen LogP contribution is 2.13. The molecule has 1 aromatic carbocycles. The number of aromatic amines is 1. The molecule has 20 heavy (non-hydrogen) atoms. The summed E-state index contributed by atoms with van der Waals surface area (Å²) in [6, 6.07) is 10.6. The molecular weight excluding hydrogens is 256 g/mol. The van der Waals surface area contributed by atoms with Crippen LogP contribution in [0.1, 0.15) is 12.0 Å². The Balaban J connectivity index is 1.85. The number of hydrogen-bond donors (Lipinski definition) is 2. The van der Waals surface area contributed by atoms with E-state index >= 15 is 0 Å². The molecular formula is C15H16N2O3. The van der Waals surface area contributed by atoms with Gasteiger partial charge in [-0.15, -0.1) is 0 Å². The Hall–Kier alpha value is -2.56. The Morgan fingerprint density at radius 2 is 1.95 bits per heavy atom. The fraction of sp³-hybridized carbons (Fsp3) is 0.200. The number of methoxy groups -OCH3 is 1. The van der Waals surface area contributed by atoms with Crippen LogP contribution in [0.5, 0.6) is 5.75 Å². The number of ether oxygens (including phenoxy) is 1. The molecule has 0 radical (unpaired) electrons. The number of carbonyl (C=O) groups excluding carboxylic acids is 1. The molecule has 2 aromatic rings. The minimum absolute atomic E-state index is 0.0899. The number of H-pyrrole nitrogens is 1. The van der Waals surface area contributed by atoms with Gasteiger partial charge in [0.1, 0.15) is 5.75 Å². The van der Waals surface area contributed by atoms with E-state index in [9.17, 15) is 9.59 Å². The highest BCUT2D eigenvalue weighted by molar-refractivity contribution is 5.90. The Bertz CT molecular complexity index is 612. The van der Waals surface area contributed by atoms with Gasteiger partial charge in [-0.1, -0.05) is 12.1 Å². The second kappa shape index (κ2) is 6.56. The third kappa shape index (κ3) is 3.98. The smallest absolute Gasteiger partial charge is 0.248 e. The van der Waals surface area contributed by atoms with E-state index in [0.717, 1.165) is 11.3 Å². The summed E-state index contributed by atoms with van der Waals surface area (Å²) in [6.45, 7) is 0. The molecule has 2 rings (SSSR count). The first-order valence-electron chi connectivity index (χ1n) is 6.29. The number of aryl methyl sites for hydroxylation is 1. The number of aromatic nitrogens is 1. The van der Waals surface area contributed by atoms with Gasteiger partial charge in [0.05, 0.1) is 12.8 Å². The van der Waals surface area contributed by atoms with Crippen LogP contribution in [0.15, 0.2) is 47.4 Å². The number of pyridine rings is 1. The number of anilines is 1. The van der Waals surface area contributed by atoms with Crippen LogP contribution < -0.4 is 15.6 Å². The van der Waals surface area contributed by atoms with E-state index in [1.807, 2.05) is 24.3 Å². The fourth-order valence-electron chi connectivity index (χ4n) is 1.76. The molecule has 0 saturated heterocycles. The molecule has 0 bridgehead atoms. The summed E-state index contributed by atoms with van der Waals surface area (Å²) in [5.74, 6) is 0.708. The van der Waals surface area contributed by atoms with Gasteiger partial charge in [-0.2, -0.15) is 0 Å². The van der Waals surface area contributed by atoms with Gasteiger partial charge in [0, 0.05) is 18.7 Å². The third-order valence-corrected chi connectivity index (χ3v) is 2.87. The zero-order valence-electron chi connectivity index (χ0n) is 11.2. The predicted octanol–water partition coefficient (Wildman–Crippen LogP) is 1.95. The molecule has 2 N–H and O–H groups in total. The van der Waals surface area contributed by atoms with Crippen molar-refractivity contribution < 1.29 is 9.53 Å². The van der Waals surface area contributed by atoms with E-state index < -0.39 is 0 Å². The zero-order chi connectivity index (χ0) is 14.4. The van der Waals surface area contributed by atoms with E-state index in [1.54, 1.807) is 13.2 Å². The number of amides is 1. The quantitative estimate of drug-likeness (QED) is 0.874. The molecule has 5 heteroatoms. The van der Waals surface area contributed by atoms with Gasteiger partial charge in [0.25, 0.3) is 0 Å². The van der Waals surface area contributed by atoms with Gasteiger partial charge >= 0.3 is 0 Å². The van der Waals surface area contributed by atoms with Crippen molar-refractivity contribution in [1.82, 2.24) is 4.98 Å². The van der Waals surface area contributed by atoms with Crippen LogP contribution in [-0.4, -0.2) is 18.0 Å². The fourth-order valence-corrected chi connectivity index (χ4v) is 1.76. The normalized spacial score (nSPS) is 10.1. The van der Waals surface area contributed by atoms with Crippen molar-refractivity contribution >= 4 is 11.6 Å². The van der Waals surface area contributed by atoms with E-state index in [0.29, 0.717) is 18.5 Å². The largest absolute Gasteiger partial charge is 0.497 e. The van der Waals surface area contributed by atoms with Crippen LogP contribution in [0.2, 0.25) is 0 Å². The van der Waals surface area contributed by atoms with Crippen LogP contribution in [-0.2, 0) is 11.2 Å². The summed E-state index contributed by atoms with van der Waals surface area (Å²) >= 11 is 0. The second-order valence-electron chi connectivity index (χ2n) is 4.34. The van der Waals surface area contributed by atoms with E-state index in [4.69, 9.17) is 4.74 Å². The highest BCUT2D eigenvalue weighted by Gasteiger charge is 2.03. The molecule has 5 nitrogen and oxygen atoms in total. The van der Waals surface area contributed by atoms with Gasteiger partial charge in [0.2, 0.25) is 11.5 Å². The number of rotatable bonds is 5. The van der Waals surface area contributed by atoms with E-state index in [2.05, 4.69) is 10.3 Å². The summed E-state index contributed by atoms with van der Waals surface area (Å²) in [7, 11) is 1.62. The lowest BCUT2D eigenvalue weighted by Gasteiger charge is -2.05. The number of carbonyl (C=O) groups is 1. The zero-order valence-corrected chi connectivity index (χ0v) is 11.2. The summed E-state index contributed by atoms with van der Waals surface area (Å²) in [6.07, 6.45) is 2.51. The van der Waals surface area contributed by atoms with Crippen molar-refractivity contribution in [3.8, 4) is 5.75 Å². The molecule has 0 atom stereocenters. The lowest BCUT2D eigenvalue weighted by Crippen LogP contribution is -2.13. The molecule has 0 spiro atoms. The lowest BCUT2D eigenvalue weighted by molar-refractivity contribution is -0.116. The van der Waals surface area contributed by atoms with E-state index in [1.165, 1.54) is 12.3 Å². The lowest BCUT2D eigenvalue weighted by atomic mass is 10.1. The molecule has 0 saturated carbocycles. The number of benzene rings is 1. The Labute approximate surface area is 116 Å². The Kier molecular flexibility index (Phi) is 4.55. The molecule has 1 amide bonds. The summed E-state index contributed by atoms with van der Waals surface area (Å²) in [4.78, 5) is 25.2. The van der Waals surface area contributed by atoms with Crippen molar-refractivity contribution in [2.75, 3.05) is 12.4 Å². The molecule has 0 aliphatic heterocycles. The molecule has 104 valence electrons. The third-order valence-electron chi connectivity index (χ3n) is 2.87. The van der Waals surface area contributed by atoms with E-state index in [-0.39, 0.29) is 11.5 Å². The van der Waals surface area contributed by atoms with Crippen molar-refractivity contribution in [2.45, 2.75) is 12.8 Å². The van der Waals surface area contributed by atoms with Crippen LogP contribution in [0.25, 0.3) is 0 Å². The number of nitrogens with one attached hydrogen (secondary N) is 2. The summed E-state index contributed by atoms with van der Waals surface area (Å²) in [5.41, 5.74) is 1.47. The maximum atomic E-state index is 11.8. The van der Waals surface area contributed by atoms with Gasteiger partial charge in [-0.05, 0) is 30.2 Å². The van der Waals surface area contributed by atoms with Crippen molar-refractivity contribution in [1.29, 1.82) is 0 Å². The topological polar surface area (TPSA) is 71.2 Å². The first-order valence-corrected chi connectivity index (χ1v) is 6.29. The molecule has 1 aromatic heterocycles. The van der Waals surface area contributed by atoms with Gasteiger partial charge < -0.3 is 15.0 Å². The SMILES string of the molecule is COc1ccc(CCC(=O)Nc2ccc(=O)[nH]c2)cc1. The minimum atomic E-state index is -0.193. The summed E-state index contributed by atoms with van der Waals surface area (Å²) in [5, 5.41) is 2.73. The Morgan fingerprint density at radius 3 is 2.55 bits per heavy atom. The average Bonchev–Trinajstić information content (AvgIpc) is 2.48. The second-order valence-corrected chi connectivity index (χ2v) is 4.34. The monoisotopic (exact) mass is 272 g/mol. The first-order chi connectivity index (χ1) is 9.67. The molecule has 0 unspecified atom stereocenters. The average molecular weight is 272 g/mol. The van der Waals surface area contributed by atoms with Crippen LogP contribution in [0, 0.1) is 0 Å². The van der Waals surface area contributed by atoms with Crippen molar-refractivity contribution in [3.63, 3.8) is 0 Å². The molecule has 1 heterocycles. The van der Waals surface area contributed by atoms with Gasteiger partial charge in [-0.3, -0.25) is 9.59 Å². The minimum Gasteiger partial charge on any atom is -0.497 e. The maximum Gasteiger partial charge on any atom is 0.248 e. The van der Waals surface area contributed by atoms with Crippen LogP contribution >= 0.6 is 0 Å². The Morgan fingerprint density at radius 1 is 1.20 bits per heavy atom. The number of hydrogen-bond acceptors (Lipinski definition) is 3. The summed E-state index contributed by atoms with van der Waals surface area (Å²) < 4.78 is 5.08. The van der Waals surface area contributed by atoms with Crippen LogP contribution in [0.4, 0.5) is 5.69 Å². The predicted molar refractivity (Wildman–Crippen MR) is 77.0 cm³/mol. The standard InChI is InChI=1S/C15H16N2O3/c1-20-13-6-2-11(3-7-13)4-8-15(19)17-12-5-9-14(18)16-10-12/h2-3,5-7,9-10H,4,8H2,1H3,(H,16,18)(H,17,19). The molecule has 0 aliphatic carbocycles. The first kappa shape index (κ1) is 13.9. The van der Waals surface area contributed by atoms with Crippen molar-refractivity contribution in [3.05, 3.63) is 58.5 Å². The van der Waals surface area contributed by atoms with Gasteiger partial charge in [-0.25, -0.2) is 0 Å². The molecule has 0 fully saturated rings. The van der Waals surface area contributed by atoms with Gasteiger partial charge in [0.15, 0.2) is 0 Å². The maximum absolute atomic E-state index is 11.8.